The maximum absolute atomic E-state index is 11.7. The van der Waals surface area contributed by atoms with E-state index in [0.717, 1.165) is 18.4 Å². The van der Waals surface area contributed by atoms with E-state index in [4.69, 9.17) is 4.74 Å². The van der Waals surface area contributed by atoms with Crippen LogP contribution in [0.25, 0.3) is 0 Å². The summed E-state index contributed by atoms with van der Waals surface area (Å²) in [6.07, 6.45) is 5.77. The van der Waals surface area contributed by atoms with Crippen molar-refractivity contribution in [2.75, 3.05) is 7.11 Å². The summed E-state index contributed by atoms with van der Waals surface area (Å²) >= 11 is 0. The number of nitrogens with one attached hydrogen (secondary N) is 1. The SMILES string of the molecule is COC(=O)C(NC(C)c1cccnc1)C1CC1. The molecule has 4 nitrogen and oxygen atoms in total. The molecule has 0 saturated heterocycles. The minimum Gasteiger partial charge on any atom is -0.468 e. The summed E-state index contributed by atoms with van der Waals surface area (Å²) in [5.74, 6) is 0.268. The molecule has 2 atom stereocenters. The average Bonchev–Trinajstić information content (AvgIpc) is 3.20. The molecule has 1 saturated carbocycles. The number of ether oxygens (including phenoxy) is 1. The summed E-state index contributed by atoms with van der Waals surface area (Å²) in [6, 6.07) is 3.83. The molecule has 0 aromatic carbocycles. The molecule has 0 aliphatic heterocycles. The van der Waals surface area contributed by atoms with Gasteiger partial charge in [0.2, 0.25) is 0 Å². The highest BCUT2D eigenvalue weighted by Crippen LogP contribution is 2.34. The Bertz CT molecular complexity index is 376. The Labute approximate surface area is 101 Å². The lowest BCUT2D eigenvalue weighted by Gasteiger charge is -2.21. The van der Waals surface area contributed by atoms with E-state index < -0.39 is 0 Å². The molecule has 0 amide bonds. The van der Waals surface area contributed by atoms with Gasteiger partial charge < -0.3 is 4.74 Å². The third kappa shape index (κ3) is 3.03. The lowest BCUT2D eigenvalue weighted by molar-refractivity contribution is -0.144. The summed E-state index contributed by atoms with van der Waals surface area (Å²) in [5.41, 5.74) is 1.09. The Balaban J connectivity index is 2.00. The summed E-state index contributed by atoms with van der Waals surface area (Å²) in [5, 5.41) is 3.33. The van der Waals surface area contributed by atoms with E-state index in [1.807, 2.05) is 25.3 Å². The van der Waals surface area contributed by atoms with Crippen molar-refractivity contribution in [2.24, 2.45) is 5.92 Å². The fourth-order valence-corrected chi connectivity index (χ4v) is 1.95. The molecule has 1 N–H and O–H groups in total. The van der Waals surface area contributed by atoms with E-state index in [-0.39, 0.29) is 18.1 Å². The largest absolute Gasteiger partial charge is 0.468 e. The van der Waals surface area contributed by atoms with Crippen LogP contribution in [0.1, 0.15) is 31.4 Å². The molecule has 1 fully saturated rings. The Morgan fingerprint density at radius 3 is 2.88 bits per heavy atom. The quantitative estimate of drug-likeness (QED) is 0.788. The molecule has 2 rings (SSSR count). The zero-order valence-electron chi connectivity index (χ0n) is 10.2. The van der Waals surface area contributed by atoms with Crippen LogP contribution in [-0.4, -0.2) is 24.1 Å². The van der Waals surface area contributed by atoms with Crippen molar-refractivity contribution in [3.8, 4) is 0 Å². The first-order valence-corrected chi connectivity index (χ1v) is 5.96. The summed E-state index contributed by atoms with van der Waals surface area (Å²) in [4.78, 5) is 15.7. The van der Waals surface area contributed by atoms with Gasteiger partial charge in [-0.1, -0.05) is 6.07 Å². The van der Waals surface area contributed by atoms with Crippen molar-refractivity contribution < 1.29 is 9.53 Å². The highest BCUT2D eigenvalue weighted by atomic mass is 16.5. The first-order valence-electron chi connectivity index (χ1n) is 5.96. The van der Waals surface area contributed by atoms with Gasteiger partial charge in [-0.2, -0.15) is 0 Å². The van der Waals surface area contributed by atoms with E-state index in [2.05, 4.69) is 10.3 Å². The van der Waals surface area contributed by atoms with Gasteiger partial charge in [-0.3, -0.25) is 15.1 Å². The monoisotopic (exact) mass is 234 g/mol. The smallest absolute Gasteiger partial charge is 0.323 e. The molecule has 17 heavy (non-hydrogen) atoms. The molecule has 0 bridgehead atoms. The lowest BCUT2D eigenvalue weighted by atomic mass is 10.1. The van der Waals surface area contributed by atoms with Crippen LogP contribution in [0.4, 0.5) is 0 Å². The van der Waals surface area contributed by atoms with Gasteiger partial charge in [0, 0.05) is 18.4 Å². The normalized spacial score (nSPS) is 18.5. The van der Waals surface area contributed by atoms with Crippen LogP contribution in [0, 0.1) is 5.92 Å². The van der Waals surface area contributed by atoms with Crippen LogP contribution in [0.3, 0.4) is 0 Å². The molecule has 1 aliphatic rings. The van der Waals surface area contributed by atoms with Gasteiger partial charge in [0.25, 0.3) is 0 Å². The van der Waals surface area contributed by atoms with Gasteiger partial charge in [0.05, 0.1) is 7.11 Å². The van der Waals surface area contributed by atoms with Gasteiger partial charge in [-0.25, -0.2) is 0 Å². The Hall–Kier alpha value is -1.42. The molecule has 1 heterocycles. The third-order valence-electron chi connectivity index (χ3n) is 3.16. The number of rotatable bonds is 5. The number of hydrogen-bond acceptors (Lipinski definition) is 4. The molecule has 1 aromatic heterocycles. The molecule has 2 unspecified atom stereocenters. The fraction of sp³-hybridized carbons (Fsp3) is 0.538. The number of carbonyl (C=O) groups is 1. The number of aromatic nitrogens is 1. The molecule has 0 spiro atoms. The fourth-order valence-electron chi connectivity index (χ4n) is 1.95. The maximum Gasteiger partial charge on any atom is 0.323 e. The van der Waals surface area contributed by atoms with Crippen LogP contribution in [0.15, 0.2) is 24.5 Å². The lowest BCUT2D eigenvalue weighted by Crippen LogP contribution is -2.40. The molecule has 92 valence electrons. The predicted molar refractivity (Wildman–Crippen MR) is 64.3 cm³/mol. The van der Waals surface area contributed by atoms with E-state index in [1.165, 1.54) is 7.11 Å². The van der Waals surface area contributed by atoms with Gasteiger partial charge in [0.15, 0.2) is 0 Å². The Kier molecular flexibility index (Phi) is 3.74. The second-order valence-corrected chi connectivity index (χ2v) is 4.51. The van der Waals surface area contributed by atoms with Crippen molar-refractivity contribution in [3.63, 3.8) is 0 Å². The number of nitrogens with zero attached hydrogens (tertiary/aromatic N) is 1. The van der Waals surface area contributed by atoms with E-state index in [9.17, 15) is 4.79 Å². The van der Waals surface area contributed by atoms with Crippen molar-refractivity contribution in [1.29, 1.82) is 0 Å². The number of carbonyl (C=O) groups excluding carboxylic acids is 1. The number of methoxy groups -OCH3 is 1. The van der Waals surface area contributed by atoms with Crippen LogP contribution in [0.2, 0.25) is 0 Å². The first-order chi connectivity index (χ1) is 8.22. The van der Waals surface area contributed by atoms with Crippen molar-refractivity contribution in [3.05, 3.63) is 30.1 Å². The summed E-state index contributed by atoms with van der Waals surface area (Å²) in [7, 11) is 1.44. The van der Waals surface area contributed by atoms with Crippen molar-refractivity contribution in [1.82, 2.24) is 10.3 Å². The van der Waals surface area contributed by atoms with Crippen LogP contribution >= 0.6 is 0 Å². The van der Waals surface area contributed by atoms with Crippen molar-refractivity contribution >= 4 is 5.97 Å². The zero-order valence-corrected chi connectivity index (χ0v) is 10.2. The summed E-state index contributed by atoms with van der Waals surface area (Å²) in [6.45, 7) is 2.04. The van der Waals surface area contributed by atoms with Gasteiger partial charge in [-0.05, 0) is 37.3 Å². The average molecular weight is 234 g/mol. The van der Waals surface area contributed by atoms with E-state index in [0.29, 0.717) is 5.92 Å². The standard InChI is InChI=1S/C13H18N2O2/c1-9(11-4-3-7-14-8-11)15-12(10-5-6-10)13(16)17-2/h3-4,7-10,12,15H,5-6H2,1-2H3. The predicted octanol–water partition coefficient (Wildman–Crippen LogP) is 1.68. The van der Waals surface area contributed by atoms with Gasteiger partial charge in [-0.15, -0.1) is 0 Å². The third-order valence-corrected chi connectivity index (χ3v) is 3.16. The summed E-state index contributed by atoms with van der Waals surface area (Å²) < 4.78 is 4.83. The maximum atomic E-state index is 11.7. The van der Waals surface area contributed by atoms with Crippen LogP contribution in [0.5, 0.6) is 0 Å². The van der Waals surface area contributed by atoms with Crippen LogP contribution < -0.4 is 5.32 Å². The Morgan fingerprint density at radius 1 is 1.59 bits per heavy atom. The number of pyridine rings is 1. The number of esters is 1. The van der Waals surface area contributed by atoms with E-state index in [1.54, 1.807) is 6.20 Å². The molecule has 1 aromatic rings. The topological polar surface area (TPSA) is 51.2 Å². The second-order valence-electron chi connectivity index (χ2n) is 4.51. The number of hydrogen-bond donors (Lipinski definition) is 1. The zero-order chi connectivity index (χ0) is 12.3. The molecule has 4 heteroatoms. The Morgan fingerprint density at radius 2 is 2.35 bits per heavy atom. The van der Waals surface area contributed by atoms with Crippen molar-refractivity contribution in [2.45, 2.75) is 31.8 Å². The first kappa shape index (κ1) is 12.0. The molecule has 0 radical (unpaired) electrons. The highest BCUT2D eigenvalue weighted by Gasteiger charge is 2.37. The minimum atomic E-state index is -0.185. The highest BCUT2D eigenvalue weighted by molar-refractivity contribution is 5.76. The molecular formula is C13H18N2O2. The van der Waals surface area contributed by atoms with Gasteiger partial charge >= 0.3 is 5.97 Å². The van der Waals surface area contributed by atoms with Gasteiger partial charge in [0.1, 0.15) is 6.04 Å². The minimum absolute atomic E-state index is 0.105. The van der Waals surface area contributed by atoms with Crippen LogP contribution in [-0.2, 0) is 9.53 Å². The van der Waals surface area contributed by atoms with E-state index >= 15 is 0 Å². The molecule has 1 aliphatic carbocycles. The molecular weight excluding hydrogens is 216 g/mol. The second kappa shape index (κ2) is 5.27.